The predicted molar refractivity (Wildman–Crippen MR) is 33.5 cm³/mol. The van der Waals surface area contributed by atoms with Gasteiger partial charge in [0, 0.05) is 6.04 Å². The van der Waals surface area contributed by atoms with Crippen molar-refractivity contribution in [3.05, 3.63) is 0 Å². The Labute approximate surface area is 59.3 Å². The van der Waals surface area contributed by atoms with Crippen LogP contribution < -0.4 is 4.72 Å². The summed E-state index contributed by atoms with van der Waals surface area (Å²) in [5.74, 6) is 0. The first-order valence-electron chi connectivity index (χ1n) is 2.86. The lowest BCUT2D eigenvalue weighted by atomic mass is 10.2. The van der Waals surface area contributed by atoms with Crippen LogP contribution in [0.15, 0.2) is 0 Å². The Morgan fingerprint density at radius 3 is 2.70 bits per heavy atom. The van der Waals surface area contributed by atoms with Gasteiger partial charge in [-0.15, -0.1) is 0 Å². The first kappa shape index (κ1) is 7.93. The topological polar surface area (TPSA) is 75.6 Å². The van der Waals surface area contributed by atoms with Crippen molar-refractivity contribution >= 4 is 10.3 Å². The molecule has 10 heavy (non-hydrogen) atoms. The van der Waals surface area contributed by atoms with E-state index in [4.69, 9.17) is 5.11 Å². The molecule has 1 aliphatic rings. The number of rotatable bonds is 0. The van der Waals surface area contributed by atoms with E-state index in [1.165, 1.54) is 0 Å². The van der Waals surface area contributed by atoms with E-state index in [2.05, 4.69) is 8.91 Å². The van der Waals surface area contributed by atoms with Crippen LogP contribution in [0.1, 0.15) is 6.92 Å². The van der Waals surface area contributed by atoms with E-state index >= 15 is 0 Å². The van der Waals surface area contributed by atoms with Crippen molar-refractivity contribution < 1.29 is 17.7 Å². The van der Waals surface area contributed by atoms with Gasteiger partial charge in [0.1, 0.15) is 0 Å². The highest BCUT2D eigenvalue weighted by atomic mass is 32.2. The van der Waals surface area contributed by atoms with Crippen LogP contribution in [0.3, 0.4) is 0 Å². The molecule has 0 amide bonds. The van der Waals surface area contributed by atoms with Gasteiger partial charge in [-0.2, -0.15) is 13.1 Å². The van der Waals surface area contributed by atoms with Crippen molar-refractivity contribution in [2.45, 2.75) is 19.1 Å². The first-order valence-corrected chi connectivity index (χ1v) is 4.27. The molecule has 6 heteroatoms. The van der Waals surface area contributed by atoms with Gasteiger partial charge in [-0.05, 0) is 6.92 Å². The Bertz CT molecular complexity index is 211. The van der Waals surface area contributed by atoms with E-state index < -0.39 is 22.4 Å². The largest absolute Gasteiger partial charge is 0.389 e. The quantitative estimate of drug-likeness (QED) is 0.465. The Kier molecular flexibility index (Phi) is 1.95. The molecule has 0 aromatic carbocycles. The summed E-state index contributed by atoms with van der Waals surface area (Å²) < 4.78 is 27.5. The summed E-state index contributed by atoms with van der Waals surface area (Å²) in [7, 11) is -3.57. The van der Waals surface area contributed by atoms with E-state index in [1.54, 1.807) is 6.92 Å². The van der Waals surface area contributed by atoms with Crippen LogP contribution >= 0.6 is 0 Å². The highest BCUT2D eigenvalue weighted by Crippen LogP contribution is 2.05. The van der Waals surface area contributed by atoms with Gasteiger partial charge < -0.3 is 5.11 Å². The molecule has 2 N–H and O–H groups in total. The van der Waals surface area contributed by atoms with Crippen molar-refractivity contribution in [1.82, 2.24) is 4.72 Å². The van der Waals surface area contributed by atoms with Crippen LogP contribution in [0.25, 0.3) is 0 Å². The zero-order chi connectivity index (χ0) is 7.78. The fourth-order valence-corrected chi connectivity index (χ4v) is 1.64. The predicted octanol–water partition coefficient (Wildman–Crippen LogP) is -1.40. The summed E-state index contributed by atoms with van der Waals surface area (Å²) in [6.45, 7) is 1.42. The molecule has 1 aliphatic heterocycles. The molecule has 0 aromatic heterocycles. The summed E-state index contributed by atoms with van der Waals surface area (Å²) in [5, 5.41) is 8.96. The summed E-state index contributed by atoms with van der Waals surface area (Å²) in [6.07, 6.45) is -0.747. The van der Waals surface area contributed by atoms with Crippen LogP contribution in [0.5, 0.6) is 0 Å². The number of hydrogen-bond acceptors (Lipinski definition) is 4. The second kappa shape index (κ2) is 2.46. The Morgan fingerprint density at radius 2 is 2.30 bits per heavy atom. The number of hydrogen-bond donors (Lipinski definition) is 2. The van der Waals surface area contributed by atoms with Crippen molar-refractivity contribution in [2.75, 3.05) is 6.61 Å². The Hall–Kier alpha value is -0.170. The van der Waals surface area contributed by atoms with Crippen LogP contribution in [0, 0.1) is 0 Å². The average molecular weight is 167 g/mol. The number of nitrogens with one attached hydrogen (secondary N) is 1. The maximum absolute atomic E-state index is 10.6. The molecule has 2 atom stereocenters. The van der Waals surface area contributed by atoms with Gasteiger partial charge >= 0.3 is 10.3 Å². The minimum atomic E-state index is -3.57. The van der Waals surface area contributed by atoms with Gasteiger partial charge in [0.15, 0.2) is 0 Å². The van der Waals surface area contributed by atoms with Gasteiger partial charge in [-0.3, -0.25) is 4.18 Å². The highest BCUT2D eigenvalue weighted by molar-refractivity contribution is 7.84. The van der Waals surface area contributed by atoms with Gasteiger partial charge in [0.2, 0.25) is 0 Å². The molecular formula is C4H9NO4S. The maximum atomic E-state index is 10.6. The molecule has 0 radical (unpaired) electrons. The lowest BCUT2D eigenvalue weighted by Crippen LogP contribution is -2.49. The molecule has 0 saturated carbocycles. The van der Waals surface area contributed by atoms with Crippen LogP contribution in [-0.2, 0) is 14.5 Å². The summed E-state index contributed by atoms with van der Waals surface area (Å²) >= 11 is 0. The molecule has 1 fully saturated rings. The number of aliphatic hydroxyl groups is 1. The fourth-order valence-electron chi connectivity index (χ4n) is 0.644. The van der Waals surface area contributed by atoms with Gasteiger partial charge in [0.05, 0.1) is 12.7 Å². The normalized spacial score (nSPS) is 39.4. The summed E-state index contributed by atoms with van der Waals surface area (Å²) in [4.78, 5) is 0. The van der Waals surface area contributed by atoms with Crippen LogP contribution in [-0.4, -0.2) is 32.3 Å². The second-order valence-corrected chi connectivity index (χ2v) is 3.59. The molecule has 1 saturated heterocycles. The molecular weight excluding hydrogens is 158 g/mol. The molecule has 5 nitrogen and oxygen atoms in total. The van der Waals surface area contributed by atoms with Crippen molar-refractivity contribution in [1.29, 1.82) is 0 Å². The highest BCUT2D eigenvalue weighted by Gasteiger charge is 2.28. The van der Waals surface area contributed by atoms with Crippen LogP contribution in [0.2, 0.25) is 0 Å². The van der Waals surface area contributed by atoms with E-state index in [1.807, 2.05) is 0 Å². The zero-order valence-corrected chi connectivity index (χ0v) is 6.26. The molecule has 0 spiro atoms. The molecule has 0 aromatic rings. The first-order chi connectivity index (χ1) is 4.51. The van der Waals surface area contributed by atoms with E-state index in [0.29, 0.717) is 0 Å². The zero-order valence-electron chi connectivity index (χ0n) is 5.44. The van der Waals surface area contributed by atoms with Crippen molar-refractivity contribution in [3.8, 4) is 0 Å². The van der Waals surface area contributed by atoms with Crippen molar-refractivity contribution in [3.63, 3.8) is 0 Å². The maximum Gasteiger partial charge on any atom is 0.336 e. The monoisotopic (exact) mass is 167 g/mol. The minimum absolute atomic E-state index is 0.156. The van der Waals surface area contributed by atoms with E-state index in [-0.39, 0.29) is 6.61 Å². The standard InChI is InChI=1S/C4H9NO4S/c1-3-4(6)2-9-10(7,8)5-3/h3-6H,2H2,1H3/t3-,4-/m0/s1. The van der Waals surface area contributed by atoms with E-state index in [9.17, 15) is 8.42 Å². The molecule has 1 rings (SSSR count). The average Bonchev–Trinajstić information content (AvgIpc) is 1.79. The molecule has 60 valence electrons. The summed E-state index contributed by atoms with van der Waals surface area (Å²) in [5.41, 5.74) is 0. The Morgan fingerprint density at radius 1 is 1.70 bits per heavy atom. The van der Waals surface area contributed by atoms with Gasteiger partial charge in [-0.1, -0.05) is 0 Å². The smallest absolute Gasteiger partial charge is 0.336 e. The molecule has 1 heterocycles. The second-order valence-electron chi connectivity index (χ2n) is 2.21. The number of aliphatic hydroxyl groups excluding tert-OH is 1. The molecule has 0 bridgehead atoms. The third-order valence-corrected chi connectivity index (χ3v) is 2.41. The fraction of sp³-hybridized carbons (Fsp3) is 1.00. The lowest BCUT2D eigenvalue weighted by molar-refractivity contribution is 0.0684. The third-order valence-electron chi connectivity index (χ3n) is 1.30. The van der Waals surface area contributed by atoms with Gasteiger partial charge in [0.25, 0.3) is 0 Å². The van der Waals surface area contributed by atoms with Crippen LogP contribution in [0.4, 0.5) is 0 Å². The third kappa shape index (κ3) is 1.66. The minimum Gasteiger partial charge on any atom is -0.389 e. The lowest BCUT2D eigenvalue weighted by Gasteiger charge is -2.24. The van der Waals surface area contributed by atoms with Gasteiger partial charge in [-0.25, -0.2) is 0 Å². The van der Waals surface area contributed by atoms with Crippen molar-refractivity contribution in [2.24, 2.45) is 0 Å². The SMILES string of the molecule is C[C@@H]1NS(=O)(=O)OC[C@@H]1O. The van der Waals surface area contributed by atoms with E-state index in [0.717, 1.165) is 0 Å². The molecule has 0 aliphatic carbocycles. The molecule has 0 unspecified atom stereocenters. The Balaban J connectivity index is 2.66. The summed E-state index contributed by atoms with van der Waals surface area (Å²) in [6, 6.07) is -0.459.